The molecule has 1 saturated heterocycles. The Balaban J connectivity index is 1.84. The third-order valence-corrected chi connectivity index (χ3v) is 6.45. The lowest BCUT2D eigenvalue weighted by Crippen LogP contribution is -2.56. The van der Waals surface area contributed by atoms with E-state index in [1.54, 1.807) is 6.08 Å². The van der Waals surface area contributed by atoms with Crippen LogP contribution in [0.2, 0.25) is 0 Å². The fraction of sp³-hybridized carbons (Fsp3) is 0.750. The highest BCUT2D eigenvalue weighted by atomic mass is 16.6. The van der Waals surface area contributed by atoms with Gasteiger partial charge in [0.25, 0.3) is 0 Å². The highest BCUT2D eigenvalue weighted by Crippen LogP contribution is 2.68. The number of hydrogen-bond acceptors (Lipinski definition) is 4. The number of rotatable bonds is 1. The first-order chi connectivity index (χ1) is 9.83. The molecule has 5 atom stereocenters. The molecule has 0 radical (unpaired) electrons. The molecule has 2 saturated carbocycles. The molecule has 21 heavy (non-hydrogen) atoms. The average Bonchev–Trinajstić information content (AvgIpc) is 3.12. The van der Waals surface area contributed by atoms with Crippen LogP contribution >= 0.6 is 0 Å². The predicted octanol–water partition coefficient (Wildman–Crippen LogP) is 1.91. The maximum absolute atomic E-state index is 11.9. The maximum atomic E-state index is 11.9. The third-order valence-electron chi connectivity index (χ3n) is 6.45. The van der Waals surface area contributed by atoms with E-state index in [2.05, 4.69) is 6.92 Å². The first-order valence-corrected chi connectivity index (χ1v) is 7.64. The quantitative estimate of drug-likeness (QED) is 0.590. The number of fused-ring (bicyclic) bond motifs is 2. The number of cyclic esters (lactones) is 1. The van der Waals surface area contributed by atoms with Crippen LogP contribution in [0.25, 0.3) is 0 Å². The van der Waals surface area contributed by atoms with E-state index in [4.69, 9.17) is 9.47 Å². The summed E-state index contributed by atoms with van der Waals surface area (Å²) in [6.07, 6.45) is 4.80. The minimum absolute atomic E-state index is 0.00620. The van der Waals surface area contributed by atoms with E-state index in [0.29, 0.717) is 6.42 Å². The summed E-state index contributed by atoms with van der Waals surface area (Å²) in [6.45, 7) is 4.25. The van der Waals surface area contributed by atoms with Gasteiger partial charge < -0.3 is 14.6 Å². The minimum Gasteiger partial charge on any atom is -0.481 e. The molecule has 0 bridgehead atoms. The largest absolute Gasteiger partial charge is 0.481 e. The van der Waals surface area contributed by atoms with Gasteiger partial charge in [-0.15, -0.1) is 0 Å². The molecule has 3 fully saturated rings. The van der Waals surface area contributed by atoms with Crippen molar-refractivity contribution in [3.63, 3.8) is 0 Å². The van der Waals surface area contributed by atoms with Gasteiger partial charge in [-0.25, -0.2) is 4.79 Å². The van der Waals surface area contributed by atoms with Crippen molar-refractivity contribution in [3.8, 4) is 0 Å². The zero-order chi connectivity index (χ0) is 15.0. The summed E-state index contributed by atoms with van der Waals surface area (Å²) in [7, 11) is 0. The Kier molecular flexibility index (Phi) is 2.34. The summed E-state index contributed by atoms with van der Waals surface area (Å²) in [5, 5.41) is 9.75. The molecule has 0 aromatic carbocycles. The average molecular weight is 292 g/mol. The van der Waals surface area contributed by atoms with E-state index >= 15 is 0 Å². The zero-order valence-electron chi connectivity index (χ0n) is 12.3. The maximum Gasteiger partial charge on any atom is 0.330 e. The number of ether oxygens (including phenoxy) is 2. The van der Waals surface area contributed by atoms with Crippen LogP contribution in [-0.2, 0) is 19.1 Å². The van der Waals surface area contributed by atoms with Gasteiger partial charge in [0.2, 0.25) is 0 Å². The summed E-state index contributed by atoms with van der Waals surface area (Å²) in [4.78, 5) is 23.6. The van der Waals surface area contributed by atoms with Crippen LogP contribution in [0.3, 0.4) is 0 Å². The molecule has 4 rings (SSSR count). The molecule has 114 valence electrons. The normalized spacial score (nSPS) is 51.0. The molecular weight excluding hydrogens is 272 g/mol. The van der Waals surface area contributed by atoms with Crippen LogP contribution in [-0.4, -0.2) is 35.4 Å². The second-order valence-electron chi connectivity index (χ2n) is 7.44. The molecule has 2 aliphatic carbocycles. The van der Waals surface area contributed by atoms with Gasteiger partial charge in [0.05, 0.1) is 11.5 Å². The van der Waals surface area contributed by atoms with Crippen LogP contribution in [0.5, 0.6) is 0 Å². The smallest absolute Gasteiger partial charge is 0.330 e. The van der Waals surface area contributed by atoms with Crippen LogP contribution in [0.4, 0.5) is 0 Å². The Morgan fingerprint density at radius 2 is 2.14 bits per heavy atom. The Labute approximate surface area is 123 Å². The zero-order valence-corrected chi connectivity index (χ0v) is 12.3. The Morgan fingerprint density at radius 3 is 2.86 bits per heavy atom. The lowest BCUT2D eigenvalue weighted by molar-refractivity contribution is -0.160. The number of hydrogen-bond donors (Lipinski definition) is 1. The van der Waals surface area contributed by atoms with E-state index in [9.17, 15) is 14.7 Å². The van der Waals surface area contributed by atoms with Gasteiger partial charge in [0.15, 0.2) is 5.60 Å². The topological polar surface area (TPSA) is 76.1 Å². The van der Waals surface area contributed by atoms with Crippen molar-refractivity contribution in [1.29, 1.82) is 0 Å². The molecule has 5 heteroatoms. The van der Waals surface area contributed by atoms with Gasteiger partial charge in [-0.1, -0.05) is 13.3 Å². The number of esters is 1. The first kappa shape index (κ1) is 13.3. The first-order valence-electron chi connectivity index (χ1n) is 7.64. The Morgan fingerprint density at radius 1 is 1.38 bits per heavy atom. The highest BCUT2D eigenvalue weighted by Gasteiger charge is 2.73. The fourth-order valence-electron chi connectivity index (χ4n) is 5.20. The van der Waals surface area contributed by atoms with Crippen molar-refractivity contribution in [2.45, 2.75) is 51.2 Å². The standard InChI is InChI=1S/C16H20O5/c1-14-4-3-5-15(2,13(18)19)9(14)6-11-16(21-11)8-20-12(17)7-10(14)16/h7,9,11H,3-6,8H2,1-2H3,(H,18,19)/t9-,11-,14+,15+,16+/m1/s1. The van der Waals surface area contributed by atoms with Crippen LogP contribution in [0, 0.1) is 16.7 Å². The van der Waals surface area contributed by atoms with E-state index in [-0.39, 0.29) is 30.0 Å². The van der Waals surface area contributed by atoms with Crippen LogP contribution in [0.15, 0.2) is 11.6 Å². The molecule has 2 heterocycles. The van der Waals surface area contributed by atoms with Crippen molar-refractivity contribution < 1.29 is 24.2 Å². The Bertz CT molecular complexity index is 581. The number of carbonyl (C=O) groups excluding carboxylic acids is 1. The van der Waals surface area contributed by atoms with Crippen molar-refractivity contribution in [1.82, 2.24) is 0 Å². The van der Waals surface area contributed by atoms with E-state index in [1.807, 2.05) is 6.92 Å². The fourth-order valence-corrected chi connectivity index (χ4v) is 5.20. The SMILES string of the molecule is C[C@]1(C(=O)O)CCC[C@]2(C)C3=CC(=O)OC[C@]34O[C@@H]4C[C@@H]12. The minimum atomic E-state index is -0.743. The monoisotopic (exact) mass is 292 g/mol. The van der Waals surface area contributed by atoms with Gasteiger partial charge in [0.1, 0.15) is 6.61 Å². The van der Waals surface area contributed by atoms with Crippen molar-refractivity contribution in [2.24, 2.45) is 16.7 Å². The summed E-state index contributed by atoms with van der Waals surface area (Å²) >= 11 is 0. The molecule has 5 nitrogen and oxygen atoms in total. The molecule has 1 N–H and O–H groups in total. The summed E-state index contributed by atoms with van der Waals surface area (Å²) in [5.41, 5.74) is -0.485. The van der Waals surface area contributed by atoms with Gasteiger partial charge in [-0.3, -0.25) is 4.79 Å². The van der Waals surface area contributed by atoms with Crippen molar-refractivity contribution in [2.75, 3.05) is 6.61 Å². The van der Waals surface area contributed by atoms with Gasteiger partial charge in [-0.05, 0) is 43.1 Å². The summed E-state index contributed by atoms with van der Waals surface area (Å²) in [5.74, 6) is -1.05. The van der Waals surface area contributed by atoms with Crippen molar-refractivity contribution >= 4 is 11.9 Å². The number of carboxylic acid groups (broad SMARTS) is 1. The Hall–Kier alpha value is -1.36. The van der Waals surface area contributed by atoms with Gasteiger partial charge in [0, 0.05) is 6.08 Å². The van der Waals surface area contributed by atoms with E-state index < -0.39 is 17.0 Å². The highest BCUT2D eigenvalue weighted by molar-refractivity contribution is 5.85. The second-order valence-corrected chi connectivity index (χ2v) is 7.44. The molecule has 0 aromatic heterocycles. The molecule has 0 aromatic rings. The molecular formula is C16H20O5. The van der Waals surface area contributed by atoms with E-state index in [0.717, 1.165) is 24.8 Å². The molecule has 0 amide bonds. The third kappa shape index (κ3) is 1.45. The lowest BCUT2D eigenvalue weighted by Gasteiger charge is -2.54. The number of aliphatic carboxylic acids is 1. The van der Waals surface area contributed by atoms with Crippen LogP contribution < -0.4 is 0 Å². The number of epoxide rings is 1. The predicted molar refractivity (Wildman–Crippen MR) is 72.5 cm³/mol. The van der Waals surface area contributed by atoms with Gasteiger partial charge >= 0.3 is 11.9 Å². The number of carboxylic acids is 1. The molecule has 2 aliphatic heterocycles. The van der Waals surface area contributed by atoms with Crippen LogP contribution in [0.1, 0.15) is 39.5 Å². The molecule has 4 aliphatic rings. The molecule has 0 unspecified atom stereocenters. The van der Waals surface area contributed by atoms with E-state index in [1.165, 1.54) is 0 Å². The summed E-state index contributed by atoms with van der Waals surface area (Å²) < 4.78 is 11.1. The summed E-state index contributed by atoms with van der Waals surface area (Å²) in [6, 6.07) is 0. The number of carbonyl (C=O) groups is 2. The second kappa shape index (κ2) is 3.69. The molecule has 1 spiro atoms. The van der Waals surface area contributed by atoms with Gasteiger partial charge in [-0.2, -0.15) is 0 Å². The lowest BCUT2D eigenvalue weighted by atomic mass is 9.48. The van der Waals surface area contributed by atoms with Crippen molar-refractivity contribution in [3.05, 3.63) is 11.6 Å².